The number of nitrogens with two attached hydrogens (primary N) is 2. The SMILES string of the molecule is C/C=C(\C=C/N)c1nc(Nc2ccccc2C(N)=O)c2ccc(Cl)cc2n1. The zero-order valence-corrected chi connectivity index (χ0v) is 15.4. The van der Waals surface area contributed by atoms with Gasteiger partial charge in [0.1, 0.15) is 5.82 Å². The number of allylic oxidation sites excluding steroid dienone is 3. The summed E-state index contributed by atoms with van der Waals surface area (Å²) in [6, 6.07) is 12.3. The van der Waals surface area contributed by atoms with E-state index in [2.05, 4.69) is 15.3 Å². The Labute approximate surface area is 161 Å². The molecule has 0 bridgehead atoms. The van der Waals surface area contributed by atoms with Crippen LogP contribution in [0, 0.1) is 0 Å². The summed E-state index contributed by atoms with van der Waals surface area (Å²) >= 11 is 6.13. The van der Waals surface area contributed by atoms with Crippen LogP contribution >= 0.6 is 11.6 Å². The number of amides is 1. The predicted molar refractivity (Wildman–Crippen MR) is 110 cm³/mol. The molecular weight excluding hydrogens is 362 g/mol. The number of benzene rings is 2. The molecule has 0 saturated heterocycles. The van der Waals surface area contributed by atoms with Crippen LogP contribution < -0.4 is 16.8 Å². The first-order valence-electron chi connectivity index (χ1n) is 8.21. The summed E-state index contributed by atoms with van der Waals surface area (Å²) in [6.45, 7) is 1.87. The van der Waals surface area contributed by atoms with Crippen LogP contribution in [0.15, 0.2) is 60.8 Å². The number of anilines is 2. The van der Waals surface area contributed by atoms with E-state index in [1.165, 1.54) is 6.20 Å². The number of para-hydroxylation sites is 1. The van der Waals surface area contributed by atoms with E-state index in [4.69, 9.17) is 23.1 Å². The molecule has 7 heteroatoms. The highest BCUT2D eigenvalue weighted by Gasteiger charge is 2.13. The molecule has 0 spiro atoms. The molecule has 0 unspecified atom stereocenters. The Morgan fingerprint density at radius 1 is 1.19 bits per heavy atom. The molecule has 0 radical (unpaired) electrons. The van der Waals surface area contributed by atoms with E-state index >= 15 is 0 Å². The van der Waals surface area contributed by atoms with Gasteiger partial charge < -0.3 is 16.8 Å². The maximum Gasteiger partial charge on any atom is 0.250 e. The molecule has 0 atom stereocenters. The third kappa shape index (κ3) is 3.91. The van der Waals surface area contributed by atoms with Crippen LogP contribution in [0.3, 0.4) is 0 Å². The zero-order valence-electron chi connectivity index (χ0n) is 14.6. The lowest BCUT2D eigenvalue weighted by Crippen LogP contribution is -2.13. The van der Waals surface area contributed by atoms with Crippen molar-refractivity contribution in [2.24, 2.45) is 11.5 Å². The van der Waals surface area contributed by atoms with Gasteiger partial charge in [0.15, 0.2) is 5.82 Å². The van der Waals surface area contributed by atoms with Crippen molar-refractivity contribution >= 4 is 45.5 Å². The second-order valence-electron chi connectivity index (χ2n) is 5.70. The summed E-state index contributed by atoms with van der Waals surface area (Å²) in [7, 11) is 0. The largest absolute Gasteiger partial charge is 0.405 e. The average Bonchev–Trinajstić information content (AvgIpc) is 2.65. The summed E-state index contributed by atoms with van der Waals surface area (Å²) < 4.78 is 0. The van der Waals surface area contributed by atoms with Gasteiger partial charge in [-0.2, -0.15) is 0 Å². The molecule has 0 fully saturated rings. The lowest BCUT2D eigenvalue weighted by atomic mass is 10.1. The van der Waals surface area contributed by atoms with Crippen LogP contribution in [0.4, 0.5) is 11.5 Å². The highest BCUT2D eigenvalue weighted by molar-refractivity contribution is 6.31. The van der Waals surface area contributed by atoms with Gasteiger partial charge in [-0.15, -0.1) is 0 Å². The van der Waals surface area contributed by atoms with Gasteiger partial charge in [-0.3, -0.25) is 4.79 Å². The molecule has 6 nitrogen and oxygen atoms in total. The normalized spacial score (nSPS) is 11.9. The van der Waals surface area contributed by atoms with Crippen molar-refractivity contribution < 1.29 is 4.79 Å². The quantitative estimate of drug-likeness (QED) is 0.581. The molecule has 3 rings (SSSR count). The number of nitrogens with zero attached hydrogens (tertiary/aromatic N) is 2. The van der Waals surface area contributed by atoms with E-state index in [-0.39, 0.29) is 0 Å². The summed E-state index contributed by atoms with van der Waals surface area (Å²) in [6.07, 6.45) is 5.00. The Kier molecular flexibility index (Phi) is 5.38. The third-order valence-electron chi connectivity index (χ3n) is 3.95. The van der Waals surface area contributed by atoms with Crippen molar-refractivity contribution in [1.82, 2.24) is 9.97 Å². The van der Waals surface area contributed by atoms with E-state index in [0.29, 0.717) is 33.4 Å². The monoisotopic (exact) mass is 379 g/mol. The number of halogens is 1. The van der Waals surface area contributed by atoms with Gasteiger partial charge in [-0.25, -0.2) is 9.97 Å². The minimum atomic E-state index is -0.528. The molecule has 0 saturated carbocycles. The summed E-state index contributed by atoms with van der Waals surface area (Å²) in [5, 5.41) is 4.52. The van der Waals surface area contributed by atoms with Crippen LogP contribution in [-0.2, 0) is 0 Å². The number of hydrogen-bond acceptors (Lipinski definition) is 5. The highest BCUT2D eigenvalue weighted by Crippen LogP contribution is 2.29. The minimum absolute atomic E-state index is 0.368. The minimum Gasteiger partial charge on any atom is -0.405 e. The maximum absolute atomic E-state index is 11.7. The second-order valence-corrected chi connectivity index (χ2v) is 6.13. The molecule has 1 aromatic heterocycles. The van der Waals surface area contributed by atoms with Gasteiger partial charge in [-0.1, -0.05) is 29.8 Å². The van der Waals surface area contributed by atoms with Crippen molar-refractivity contribution in [2.75, 3.05) is 5.32 Å². The van der Waals surface area contributed by atoms with Gasteiger partial charge >= 0.3 is 0 Å². The number of carbonyl (C=O) groups is 1. The molecule has 1 amide bonds. The van der Waals surface area contributed by atoms with Gasteiger partial charge in [0, 0.05) is 16.0 Å². The standard InChI is InChI=1S/C20H18ClN5O/c1-2-12(9-10-22)19-25-17-11-13(21)7-8-15(17)20(26-19)24-16-6-4-3-5-14(16)18(23)27/h2-11H,22H2,1H3,(H2,23,27)(H,24,25,26)/b10-9-,12-2+. The number of carbonyl (C=O) groups excluding carboxylic acids is 1. The Morgan fingerprint density at radius 3 is 2.67 bits per heavy atom. The number of aromatic nitrogens is 2. The van der Waals surface area contributed by atoms with Gasteiger partial charge in [-0.05, 0) is 49.5 Å². The Balaban J connectivity index is 2.21. The van der Waals surface area contributed by atoms with Crippen LogP contribution in [0.25, 0.3) is 16.5 Å². The number of hydrogen-bond donors (Lipinski definition) is 3. The molecule has 136 valence electrons. The van der Waals surface area contributed by atoms with Crippen molar-refractivity contribution in [1.29, 1.82) is 0 Å². The molecule has 27 heavy (non-hydrogen) atoms. The first kappa shape index (κ1) is 18.4. The number of fused-ring (bicyclic) bond motifs is 1. The van der Waals surface area contributed by atoms with Crippen LogP contribution in [0.5, 0.6) is 0 Å². The van der Waals surface area contributed by atoms with Crippen LogP contribution in [0.1, 0.15) is 23.1 Å². The number of primary amides is 1. The fourth-order valence-corrected chi connectivity index (χ4v) is 2.83. The first-order valence-corrected chi connectivity index (χ1v) is 8.59. The van der Waals surface area contributed by atoms with Gasteiger partial charge in [0.2, 0.25) is 0 Å². The van der Waals surface area contributed by atoms with Crippen molar-refractivity contribution in [2.45, 2.75) is 6.92 Å². The molecule has 3 aromatic rings. The second kappa shape index (κ2) is 7.88. The number of nitrogens with one attached hydrogen (secondary N) is 1. The third-order valence-corrected chi connectivity index (χ3v) is 4.18. The van der Waals surface area contributed by atoms with E-state index in [1.807, 2.05) is 25.1 Å². The van der Waals surface area contributed by atoms with E-state index in [0.717, 1.165) is 11.0 Å². The fraction of sp³-hybridized carbons (Fsp3) is 0.0500. The van der Waals surface area contributed by atoms with Gasteiger partial charge in [0.25, 0.3) is 5.91 Å². The summed E-state index contributed by atoms with van der Waals surface area (Å²) in [5.41, 5.74) is 13.4. The van der Waals surface area contributed by atoms with E-state index < -0.39 is 5.91 Å². The average molecular weight is 380 g/mol. The van der Waals surface area contributed by atoms with Gasteiger partial charge in [0.05, 0.1) is 16.8 Å². The highest BCUT2D eigenvalue weighted by atomic mass is 35.5. The predicted octanol–water partition coefficient (Wildman–Crippen LogP) is 4.00. The van der Waals surface area contributed by atoms with Crippen molar-refractivity contribution in [3.05, 3.63) is 77.2 Å². The van der Waals surface area contributed by atoms with Crippen LogP contribution in [0.2, 0.25) is 5.02 Å². The molecule has 0 aliphatic rings. The summed E-state index contributed by atoms with van der Waals surface area (Å²) in [5.74, 6) is 0.484. The fourth-order valence-electron chi connectivity index (χ4n) is 2.67. The topological polar surface area (TPSA) is 107 Å². The Bertz CT molecular complexity index is 1080. The van der Waals surface area contributed by atoms with E-state index in [9.17, 15) is 4.79 Å². The summed E-state index contributed by atoms with van der Waals surface area (Å²) in [4.78, 5) is 20.9. The molecule has 2 aromatic carbocycles. The lowest BCUT2D eigenvalue weighted by molar-refractivity contribution is 0.100. The van der Waals surface area contributed by atoms with Crippen molar-refractivity contribution in [3.63, 3.8) is 0 Å². The smallest absolute Gasteiger partial charge is 0.250 e. The molecule has 5 N–H and O–H groups in total. The lowest BCUT2D eigenvalue weighted by Gasteiger charge is -2.13. The zero-order chi connectivity index (χ0) is 19.4. The molecular formula is C20H18ClN5O. The maximum atomic E-state index is 11.7. The Hall–Kier alpha value is -3.38. The Morgan fingerprint density at radius 2 is 1.96 bits per heavy atom. The molecule has 0 aliphatic heterocycles. The molecule has 0 aliphatic carbocycles. The van der Waals surface area contributed by atoms with Crippen LogP contribution in [-0.4, -0.2) is 15.9 Å². The van der Waals surface area contributed by atoms with Crippen molar-refractivity contribution in [3.8, 4) is 0 Å². The first-order chi connectivity index (χ1) is 13.0. The van der Waals surface area contributed by atoms with E-state index in [1.54, 1.807) is 36.4 Å². The number of rotatable bonds is 5. The molecule has 1 heterocycles.